The Morgan fingerprint density at radius 2 is 1.74 bits per heavy atom. The van der Waals surface area contributed by atoms with Gasteiger partial charge in [-0.15, -0.1) is 0 Å². The molecule has 0 aliphatic carbocycles. The molecule has 0 N–H and O–H groups in total. The molecule has 0 amide bonds. The van der Waals surface area contributed by atoms with E-state index in [1.165, 1.54) is 0 Å². The zero-order valence-electron chi connectivity index (χ0n) is 10.6. The Kier molecular flexibility index (Phi) is 3.02. The van der Waals surface area contributed by atoms with Gasteiger partial charge in [0.15, 0.2) is 0 Å². The van der Waals surface area contributed by atoms with Crippen molar-refractivity contribution in [3.05, 3.63) is 66.9 Å². The molecule has 0 unspecified atom stereocenters. The van der Waals surface area contributed by atoms with Crippen LogP contribution < -0.4 is 4.74 Å². The summed E-state index contributed by atoms with van der Waals surface area (Å²) < 4.78 is 6.96. The van der Waals surface area contributed by atoms with Gasteiger partial charge < -0.3 is 4.74 Å². The number of benzene rings is 2. The van der Waals surface area contributed by atoms with E-state index in [-0.39, 0.29) is 0 Å². The number of methoxy groups -OCH3 is 1. The Labute approximate surface area is 112 Å². The molecule has 0 saturated carbocycles. The molecule has 0 bridgehead atoms. The van der Waals surface area contributed by atoms with E-state index in [9.17, 15) is 0 Å². The van der Waals surface area contributed by atoms with Gasteiger partial charge in [-0.3, -0.25) is 0 Å². The standard InChI is InChI=1S/C16H13N2O/c1-19-15-9-7-13(8-10-15)16-11-12-18(17-16)14-5-3-2-4-6-14/h2-10,12H,1H3. The van der Waals surface area contributed by atoms with E-state index in [2.05, 4.69) is 11.2 Å². The summed E-state index contributed by atoms with van der Waals surface area (Å²) in [6, 6.07) is 21.0. The molecule has 0 saturated heterocycles. The highest BCUT2D eigenvalue weighted by Gasteiger charge is 2.04. The van der Waals surface area contributed by atoms with Gasteiger partial charge in [0.1, 0.15) is 11.4 Å². The van der Waals surface area contributed by atoms with Crippen molar-refractivity contribution in [2.24, 2.45) is 0 Å². The number of para-hydroxylation sites is 1. The summed E-state index contributed by atoms with van der Waals surface area (Å²) in [5, 5.41) is 4.53. The van der Waals surface area contributed by atoms with E-state index >= 15 is 0 Å². The molecule has 3 aromatic rings. The second-order valence-corrected chi connectivity index (χ2v) is 4.13. The minimum absolute atomic E-state index is 0.825. The third-order valence-corrected chi connectivity index (χ3v) is 2.92. The maximum atomic E-state index is 5.14. The van der Waals surface area contributed by atoms with Gasteiger partial charge >= 0.3 is 0 Å². The average Bonchev–Trinajstić information content (AvgIpc) is 2.98. The normalized spacial score (nSPS) is 10.4. The quantitative estimate of drug-likeness (QED) is 0.711. The first-order chi connectivity index (χ1) is 9.36. The molecule has 1 radical (unpaired) electrons. The van der Waals surface area contributed by atoms with Crippen LogP contribution in [0.3, 0.4) is 0 Å². The van der Waals surface area contributed by atoms with Gasteiger partial charge in [-0.2, -0.15) is 5.10 Å². The monoisotopic (exact) mass is 249 g/mol. The van der Waals surface area contributed by atoms with E-state index in [1.54, 1.807) is 7.11 Å². The average molecular weight is 249 g/mol. The lowest BCUT2D eigenvalue weighted by molar-refractivity contribution is 0.415. The molecule has 3 heteroatoms. The van der Waals surface area contributed by atoms with Gasteiger partial charge in [-0.25, -0.2) is 4.68 Å². The van der Waals surface area contributed by atoms with Crippen molar-refractivity contribution in [2.45, 2.75) is 0 Å². The predicted octanol–water partition coefficient (Wildman–Crippen LogP) is 3.35. The molecular formula is C16H13N2O. The van der Waals surface area contributed by atoms with Crippen LogP contribution >= 0.6 is 0 Å². The summed E-state index contributed by atoms with van der Waals surface area (Å²) in [4.78, 5) is 0. The minimum Gasteiger partial charge on any atom is -0.497 e. The van der Waals surface area contributed by atoms with Gasteiger partial charge in [-0.1, -0.05) is 18.2 Å². The zero-order chi connectivity index (χ0) is 13.1. The fourth-order valence-corrected chi connectivity index (χ4v) is 1.89. The molecule has 93 valence electrons. The SMILES string of the molecule is COc1ccc(-c2[c]cn(-c3ccccc3)n2)cc1. The van der Waals surface area contributed by atoms with Gasteiger partial charge in [0.05, 0.1) is 12.8 Å². The summed E-state index contributed by atoms with van der Waals surface area (Å²) in [5.41, 5.74) is 2.88. The number of hydrogen-bond acceptors (Lipinski definition) is 2. The van der Waals surface area contributed by atoms with Crippen molar-refractivity contribution >= 4 is 0 Å². The lowest BCUT2D eigenvalue weighted by Crippen LogP contribution is -1.94. The maximum Gasteiger partial charge on any atom is 0.118 e. The summed E-state index contributed by atoms with van der Waals surface area (Å²) >= 11 is 0. The Morgan fingerprint density at radius 3 is 2.42 bits per heavy atom. The molecule has 3 nitrogen and oxygen atoms in total. The second kappa shape index (κ2) is 4.98. The van der Waals surface area contributed by atoms with E-state index in [4.69, 9.17) is 4.74 Å². The highest BCUT2D eigenvalue weighted by atomic mass is 16.5. The molecule has 2 aromatic carbocycles. The lowest BCUT2D eigenvalue weighted by atomic mass is 10.1. The molecule has 1 heterocycles. The van der Waals surface area contributed by atoms with Gasteiger partial charge in [0, 0.05) is 17.8 Å². The van der Waals surface area contributed by atoms with Gasteiger partial charge in [-0.05, 0) is 36.4 Å². The van der Waals surface area contributed by atoms with Crippen LogP contribution in [0.2, 0.25) is 0 Å². The van der Waals surface area contributed by atoms with E-state index in [0.29, 0.717) is 0 Å². The molecule has 1 aromatic heterocycles. The first-order valence-corrected chi connectivity index (χ1v) is 6.04. The van der Waals surface area contributed by atoms with Crippen molar-refractivity contribution in [1.29, 1.82) is 0 Å². The molecule has 0 aliphatic rings. The number of rotatable bonds is 3. The van der Waals surface area contributed by atoms with Gasteiger partial charge in [0.25, 0.3) is 0 Å². The smallest absolute Gasteiger partial charge is 0.118 e. The first-order valence-electron chi connectivity index (χ1n) is 6.04. The Morgan fingerprint density at radius 1 is 1.00 bits per heavy atom. The van der Waals surface area contributed by atoms with Crippen LogP contribution in [0.1, 0.15) is 0 Å². The molecule has 0 atom stereocenters. The van der Waals surface area contributed by atoms with Crippen LogP contribution in [0.15, 0.2) is 60.8 Å². The van der Waals surface area contributed by atoms with Crippen molar-refractivity contribution in [1.82, 2.24) is 9.78 Å². The molecule has 19 heavy (non-hydrogen) atoms. The fraction of sp³-hybridized carbons (Fsp3) is 0.0625. The second-order valence-electron chi connectivity index (χ2n) is 4.13. The molecule has 0 spiro atoms. The summed E-state index contributed by atoms with van der Waals surface area (Å²) in [5.74, 6) is 0.839. The maximum absolute atomic E-state index is 5.14. The molecule has 0 aliphatic heterocycles. The topological polar surface area (TPSA) is 27.1 Å². The van der Waals surface area contributed by atoms with Crippen LogP contribution in [-0.2, 0) is 0 Å². The van der Waals surface area contributed by atoms with Crippen LogP contribution in [0.5, 0.6) is 5.75 Å². The third-order valence-electron chi connectivity index (χ3n) is 2.92. The van der Waals surface area contributed by atoms with E-state index in [0.717, 1.165) is 22.7 Å². The number of ether oxygens (including phenoxy) is 1. The zero-order valence-corrected chi connectivity index (χ0v) is 10.6. The summed E-state index contributed by atoms with van der Waals surface area (Å²) in [6.07, 6.45) is 1.84. The Hall–Kier alpha value is -2.55. The van der Waals surface area contributed by atoms with Crippen LogP contribution in [0, 0.1) is 6.07 Å². The number of hydrogen-bond donors (Lipinski definition) is 0. The summed E-state index contributed by atoms with van der Waals surface area (Å²) in [6.45, 7) is 0. The number of nitrogens with zero attached hydrogens (tertiary/aromatic N) is 2. The predicted molar refractivity (Wildman–Crippen MR) is 74.4 cm³/mol. The van der Waals surface area contributed by atoms with Crippen molar-refractivity contribution < 1.29 is 4.74 Å². The van der Waals surface area contributed by atoms with Crippen molar-refractivity contribution in [3.8, 4) is 22.7 Å². The Balaban J connectivity index is 1.92. The minimum atomic E-state index is 0.825. The van der Waals surface area contributed by atoms with E-state index < -0.39 is 0 Å². The highest BCUT2D eigenvalue weighted by Crippen LogP contribution is 2.21. The molecule has 3 rings (SSSR count). The first kappa shape index (κ1) is 11.5. The fourth-order valence-electron chi connectivity index (χ4n) is 1.89. The molecule has 0 fully saturated rings. The lowest BCUT2D eigenvalue weighted by Gasteiger charge is -2.01. The van der Waals surface area contributed by atoms with Crippen molar-refractivity contribution in [3.63, 3.8) is 0 Å². The van der Waals surface area contributed by atoms with Crippen LogP contribution in [0.25, 0.3) is 16.9 Å². The molecular weight excluding hydrogens is 236 g/mol. The van der Waals surface area contributed by atoms with Crippen LogP contribution in [-0.4, -0.2) is 16.9 Å². The van der Waals surface area contributed by atoms with E-state index in [1.807, 2.05) is 65.5 Å². The highest BCUT2D eigenvalue weighted by molar-refractivity contribution is 5.59. The largest absolute Gasteiger partial charge is 0.497 e. The van der Waals surface area contributed by atoms with Gasteiger partial charge in [0.2, 0.25) is 0 Å². The number of aromatic nitrogens is 2. The summed E-state index contributed by atoms with van der Waals surface area (Å²) in [7, 11) is 1.66. The van der Waals surface area contributed by atoms with Crippen LogP contribution in [0.4, 0.5) is 0 Å². The Bertz CT molecular complexity index is 657. The third kappa shape index (κ3) is 2.36. The van der Waals surface area contributed by atoms with Crippen molar-refractivity contribution in [2.75, 3.05) is 7.11 Å².